The van der Waals surface area contributed by atoms with Crippen LogP contribution in [0.25, 0.3) is 0 Å². The fourth-order valence-corrected chi connectivity index (χ4v) is 4.48. The average Bonchev–Trinajstić information content (AvgIpc) is 3.20. The first kappa shape index (κ1) is 22.8. The summed E-state index contributed by atoms with van der Waals surface area (Å²) in [5.41, 5.74) is 2.11. The standard InChI is InChI=1S/C24H26N4O4S/c1-5-14(2)21-23(30)28-22(27-21)16-8-6-7-9-17(16)26-24(28)33-13-20(29)25-18-11-10-15(31-3)12-19(18)32-4/h6-12,14,21H,5,13H2,1-4H3,(H,25,29). The number of rotatable bonds is 7. The van der Waals surface area contributed by atoms with Gasteiger partial charge in [0.05, 0.1) is 31.3 Å². The molecule has 2 aliphatic heterocycles. The molecule has 0 fully saturated rings. The highest BCUT2D eigenvalue weighted by Crippen LogP contribution is 2.35. The van der Waals surface area contributed by atoms with Gasteiger partial charge in [-0.15, -0.1) is 0 Å². The van der Waals surface area contributed by atoms with Crippen LogP contribution in [0.3, 0.4) is 0 Å². The number of carbonyl (C=O) groups excluding carboxylic acids is 2. The molecule has 0 aromatic heterocycles. The van der Waals surface area contributed by atoms with Gasteiger partial charge in [-0.2, -0.15) is 0 Å². The normalized spacial score (nSPS) is 17.5. The van der Waals surface area contributed by atoms with Crippen LogP contribution in [-0.2, 0) is 9.59 Å². The number of aliphatic imine (C=N–C) groups is 2. The molecular weight excluding hydrogens is 440 g/mol. The lowest BCUT2D eigenvalue weighted by Crippen LogP contribution is -2.42. The van der Waals surface area contributed by atoms with Crippen molar-refractivity contribution in [2.24, 2.45) is 15.9 Å². The Labute approximate surface area is 197 Å². The molecule has 8 nitrogen and oxygen atoms in total. The SMILES string of the molecule is CCC(C)C1N=C2c3ccccc3N=C(SCC(=O)Nc3ccc(OC)cc3OC)N2C1=O. The smallest absolute Gasteiger partial charge is 0.259 e. The van der Waals surface area contributed by atoms with Gasteiger partial charge in [0.2, 0.25) is 5.91 Å². The van der Waals surface area contributed by atoms with Gasteiger partial charge in [-0.3, -0.25) is 14.6 Å². The van der Waals surface area contributed by atoms with E-state index in [9.17, 15) is 9.59 Å². The molecule has 0 spiro atoms. The monoisotopic (exact) mass is 466 g/mol. The fraction of sp³-hybridized carbons (Fsp3) is 0.333. The van der Waals surface area contributed by atoms with Crippen LogP contribution in [0.1, 0.15) is 25.8 Å². The number of hydrogen-bond donors (Lipinski definition) is 1. The Hall–Kier alpha value is -3.33. The third kappa shape index (κ3) is 4.45. The largest absolute Gasteiger partial charge is 0.497 e. The number of para-hydroxylation sites is 1. The minimum absolute atomic E-state index is 0.0707. The molecule has 172 valence electrons. The van der Waals surface area contributed by atoms with Crippen molar-refractivity contribution in [1.82, 2.24) is 4.90 Å². The second-order valence-corrected chi connectivity index (χ2v) is 8.71. The predicted molar refractivity (Wildman–Crippen MR) is 131 cm³/mol. The Balaban J connectivity index is 1.53. The maximum atomic E-state index is 13.2. The zero-order valence-electron chi connectivity index (χ0n) is 19.0. The van der Waals surface area contributed by atoms with Crippen molar-refractivity contribution in [3.8, 4) is 11.5 Å². The van der Waals surface area contributed by atoms with Gasteiger partial charge in [-0.05, 0) is 30.2 Å². The Bertz CT molecular complexity index is 1150. The zero-order chi connectivity index (χ0) is 23.5. The van der Waals surface area contributed by atoms with Crippen molar-refractivity contribution >= 4 is 46.0 Å². The summed E-state index contributed by atoms with van der Waals surface area (Å²) >= 11 is 1.21. The molecule has 33 heavy (non-hydrogen) atoms. The number of fused-ring (bicyclic) bond motifs is 3. The Morgan fingerprint density at radius 1 is 1.21 bits per heavy atom. The van der Waals surface area contributed by atoms with Crippen LogP contribution >= 0.6 is 11.8 Å². The first-order chi connectivity index (χ1) is 16.0. The first-order valence-corrected chi connectivity index (χ1v) is 11.7. The van der Waals surface area contributed by atoms with E-state index in [2.05, 4.69) is 10.3 Å². The molecule has 4 rings (SSSR count). The third-order valence-electron chi connectivity index (χ3n) is 5.70. The summed E-state index contributed by atoms with van der Waals surface area (Å²) in [7, 11) is 3.09. The number of anilines is 1. The molecule has 0 saturated heterocycles. The fourth-order valence-electron chi connectivity index (χ4n) is 3.68. The number of methoxy groups -OCH3 is 2. The van der Waals surface area contributed by atoms with E-state index in [1.54, 1.807) is 30.2 Å². The van der Waals surface area contributed by atoms with Crippen LogP contribution in [-0.4, -0.2) is 53.7 Å². The molecule has 0 saturated carbocycles. The molecule has 2 amide bonds. The molecular formula is C24H26N4O4S. The van der Waals surface area contributed by atoms with Crippen LogP contribution in [0, 0.1) is 5.92 Å². The van der Waals surface area contributed by atoms with E-state index < -0.39 is 6.04 Å². The Morgan fingerprint density at radius 2 is 2.00 bits per heavy atom. The number of carbonyl (C=O) groups is 2. The number of amides is 2. The zero-order valence-corrected chi connectivity index (χ0v) is 19.8. The summed E-state index contributed by atoms with van der Waals surface area (Å²) in [6.07, 6.45) is 0.842. The number of benzene rings is 2. The van der Waals surface area contributed by atoms with E-state index >= 15 is 0 Å². The van der Waals surface area contributed by atoms with E-state index in [0.29, 0.717) is 28.2 Å². The highest BCUT2D eigenvalue weighted by atomic mass is 32.2. The lowest BCUT2D eigenvalue weighted by atomic mass is 10.00. The minimum Gasteiger partial charge on any atom is -0.497 e. The van der Waals surface area contributed by atoms with Gasteiger partial charge in [0.1, 0.15) is 23.4 Å². The quantitative estimate of drug-likeness (QED) is 0.664. The molecule has 9 heteroatoms. The molecule has 0 radical (unpaired) electrons. The first-order valence-electron chi connectivity index (χ1n) is 10.7. The number of nitrogens with one attached hydrogen (secondary N) is 1. The summed E-state index contributed by atoms with van der Waals surface area (Å²) in [6.45, 7) is 4.07. The Morgan fingerprint density at radius 3 is 2.73 bits per heavy atom. The number of thioether (sulfide) groups is 1. The van der Waals surface area contributed by atoms with Crippen LogP contribution in [0.4, 0.5) is 11.4 Å². The maximum absolute atomic E-state index is 13.2. The molecule has 2 unspecified atom stereocenters. The van der Waals surface area contributed by atoms with Crippen LogP contribution in [0.15, 0.2) is 52.4 Å². The van der Waals surface area contributed by atoms with Crippen molar-refractivity contribution in [3.63, 3.8) is 0 Å². The van der Waals surface area contributed by atoms with Crippen molar-refractivity contribution in [3.05, 3.63) is 48.0 Å². The molecule has 0 aliphatic carbocycles. The van der Waals surface area contributed by atoms with Gasteiger partial charge in [-0.25, -0.2) is 9.89 Å². The highest BCUT2D eigenvalue weighted by molar-refractivity contribution is 8.14. The van der Waals surface area contributed by atoms with E-state index in [1.807, 2.05) is 38.1 Å². The van der Waals surface area contributed by atoms with E-state index in [-0.39, 0.29) is 23.5 Å². The van der Waals surface area contributed by atoms with Gasteiger partial charge >= 0.3 is 0 Å². The number of amidine groups is 2. The Kier molecular flexibility index (Phi) is 6.69. The predicted octanol–water partition coefficient (Wildman–Crippen LogP) is 4.08. The van der Waals surface area contributed by atoms with Crippen LogP contribution in [0.5, 0.6) is 11.5 Å². The maximum Gasteiger partial charge on any atom is 0.259 e. The summed E-state index contributed by atoms with van der Waals surface area (Å²) in [5.74, 6) is 1.57. The second-order valence-electron chi connectivity index (χ2n) is 7.77. The number of nitrogens with zero attached hydrogens (tertiary/aromatic N) is 3. The summed E-state index contributed by atoms with van der Waals surface area (Å²) in [4.78, 5) is 36.9. The summed E-state index contributed by atoms with van der Waals surface area (Å²) in [5, 5.41) is 3.31. The number of hydrogen-bond acceptors (Lipinski definition) is 7. The van der Waals surface area contributed by atoms with Crippen LogP contribution < -0.4 is 14.8 Å². The van der Waals surface area contributed by atoms with E-state index in [0.717, 1.165) is 17.7 Å². The second kappa shape index (κ2) is 9.66. The van der Waals surface area contributed by atoms with Crippen molar-refractivity contribution in [2.75, 3.05) is 25.3 Å². The van der Waals surface area contributed by atoms with Crippen molar-refractivity contribution in [2.45, 2.75) is 26.3 Å². The highest BCUT2D eigenvalue weighted by Gasteiger charge is 2.43. The lowest BCUT2D eigenvalue weighted by Gasteiger charge is -2.25. The minimum atomic E-state index is -0.445. The van der Waals surface area contributed by atoms with Gasteiger partial charge < -0.3 is 14.8 Å². The summed E-state index contributed by atoms with van der Waals surface area (Å²) in [6, 6.07) is 12.3. The molecule has 2 aliphatic rings. The topological polar surface area (TPSA) is 92.6 Å². The molecule has 1 N–H and O–H groups in total. The molecule has 2 atom stereocenters. The van der Waals surface area contributed by atoms with Crippen LogP contribution in [0.2, 0.25) is 0 Å². The average molecular weight is 467 g/mol. The lowest BCUT2D eigenvalue weighted by molar-refractivity contribution is -0.125. The number of ether oxygens (including phenoxy) is 2. The summed E-state index contributed by atoms with van der Waals surface area (Å²) < 4.78 is 10.5. The van der Waals surface area contributed by atoms with Gasteiger partial charge in [0, 0.05) is 11.6 Å². The molecule has 2 aromatic carbocycles. The van der Waals surface area contributed by atoms with E-state index in [4.69, 9.17) is 14.5 Å². The van der Waals surface area contributed by atoms with Crippen molar-refractivity contribution in [1.29, 1.82) is 0 Å². The van der Waals surface area contributed by atoms with Gasteiger partial charge in [0.15, 0.2) is 5.17 Å². The third-order valence-corrected chi connectivity index (χ3v) is 6.64. The van der Waals surface area contributed by atoms with Crippen molar-refractivity contribution < 1.29 is 19.1 Å². The van der Waals surface area contributed by atoms with E-state index in [1.165, 1.54) is 18.9 Å². The molecule has 2 heterocycles. The van der Waals surface area contributed by atoms with Gasteiger partial charge in [-0.1, -0.05) is 44.2 Å². The van der Waals surface area contributed by atoms with Gasteiger partial charge in [0.25, 0.3) is 5.91 Å². The molecule has 2 aromatic rings. The molecule has 0 bridgehead atoms.